The number of nitriles is 1. The normalized spacial score (nSPS) is 14.4. The van der Waals surface area contributed by atoms with Crippen LogP contribution in [0.25, 0.3) is 21.5 Å². The van der Waals surface area contributed by atoms with Crippen LogP contribution in [0.15, 0.2) is 59.0 Å². The lowest BCUT2D eigenvalue weighted by atomic mass is 10.2. The number of aromatic nitrogens is 1. The largest absolute Gasteiger partial charge is 0.419 e. The molecule has 0 atom stereocenters. The summed E-state index contributed by atoms with van der Waals surface area (Å²) in [4.78, 5) is 21.0. The second kappa shape index (κ2) is 9.24. The van der Waals surface area contributed by atoms with Crippen molar-refractivity contribution in [3.63, 3.8) is 0 Å². The fourth-order valence-corrected chi connectivity index (χ4v) is 4.95. The summed E-state index contributed by atoms with van der Waals surface area (Å²) in [7, 11) is 0. The molecule has 1 aliphatic rings. The number of fused-ring (bicyclic) bond motifs is 1. The average molecular weight is 478 g/mol. The summed E-state index contributed by atoms with van der Waals surface area (Å²) in [5.41, 5.74) is 1.02. The lowest BCUT2D eigenvalue weighted by Crippen LogP contribution is -2.48. The Morgan fingerprint density at radius 1 is 1.15 bits per heavy atom. The SMILES string of the molecule is N#Cc1nc(-c2ccc(Cl)cc2)oc1N1CCN(CC(=O)Nc2cc3ccccc3s2)CC1. The van der Waals surface area contributed by atoms with Gasteiger partial charge in [-0.3, -0.25) is 9.69 Å². The van der Waals surface area contributed by atoms with Gasteiger partial charge in [0.25, 0.3) is 0 Å². The highest BCUT2D eigenvalue weighted by molar-refractivity contribution is 7.22. The number of hydrogen-bond donors (Lipinski definition) is 1. The molecule has 0 saturated carbocycles. The van der Waals surface area contributed by atoms with E-state index in [1.165, 1.54) is 0 Å². The molecule has 2 aromatic carbocycles. The highest BCUT2D eigenvalue weighted by Gasteiger charge is 2.25. The van der Waals surface area contributed by atoms with Gasteiger partial charge in [-0.25, -0.2) is 0 Å². The van der Waals surface area contributed by atoms with Crippen molar-refractivity contribution in [1.82, 2.24) is 9.88 Å². The average Bonchev–Trinajstić information content (AvgIpc) is 3.43. The number of nitrogens with one attached hydrogen (secondary N) is 1. The lowest BCUT2D eigenvalue weighted by Gasteiger charge is -2.33. The Hall–Kier alpha value is -3.38. The number of oxazole rings is 1. The molecule has 3 heterocycles. The van der Waals surface area contributed by atoms with Gasteiger partial charge in [-0.2, -0.15) is 10.2 Å². The third kappa shape index (κ3) is 4.71. The molecule has 1 N–H and O–H groups in total. The number of piperazine rings is 1. The molecular formula is C24H20ClN5O2S. The summed E-state index contributed by atoms with van der Waals surface area (Å²) in [5.74, 6) is 0.831. The maximum atomic E-state index is 12.6. The second-order valence-electron chi connectivity index (χ2n) is 7.75. The molecule has 0 spiro atoms. The van der Waals surface area contributed by atoms with Crippen LogP contribution in [0.3, 0.4) is 0 Å². The molecule has 0 bridgehead atoms. The number of rotatable bonds is 5. The minimum atomic E-state index is -0.0302. The van der Waals surface area contributed by atoms with Gasteiger partial charge in [0.15, 0.2) is 0 Å². The molecule has 33 heavy (non-hydrogen) atoms. The zero-order valence-corrected chi connectivity index (χ0v) is 19.2. The predicted molar refractivity (Wildman–Crippen MR) is 131 cm³/mol. The van der Waals surface area contributed by atoms with E-state index in [0.29, 0.717) is 49.5 Å². The summed E-state index contributed by atoms with van der Waals surface area (Å²) in [5, 5.41) is 15.2. The number of benzene rings is 2. The van der Waals surface area contributed by atoms with Crippen molar-refractivity contribution < 1.29 is 9.21 Å². The van der Waals surface area contributed by atoms with Crippen molar-refractivity contribution in [3.8, 4) is 17.5 Å². The van der Waals surface area contributed by atoms with Gasteiger partial charge in [0.2, 0.25) is 23.4 Å². The number of hydrogen-bond acceptors (Lipinski definition) is 7. The molecular weight excluding hydrogens is 458 g/mol. The van der Waals surface area contributed by atoms with Crippen LogP contribution in [0, 0.1) is 11.3 Å². The summed E-state index contributed by atoms with van der Waals surface area (Å²) in [6.45, 7) is 2.96. The molecule has 9 heteroatoms. The van der Waals surface area contributed by atoms with E-state index in [4.69, 9.17) is 16.0 Å². The fourth-order valence-electron chi connectivity index (χ4n) is 3.85. The lowest BCUT2D eigenvalue weighted by molar-refractivity contribution is -0.117. The smallest absolute Gasteiger partial charge is 0.239 e. The van der Waals surface area contributed by atoms with E-state index in [9.17, 15) is 10.1 Å². The van der Waals surface area contributed by atoms with E-state index >= 15 is 0 Å². The molecule has 0 radical (unpaired) electrons. The number of amides is 1. The van der Waals surface area contributed by atoms with Gasteiger partial charge in [-0.05, 0) is 41.8 Å². The standard InChI is InChI=1S/C24H20ClN5O2S/c25-18-7-5-16(6-8-18)23-27-19(14-26)24(32-23)30-11-9-29(10-12-30)15-21(31)28-22-13-17-3-1-2-4-20(17)33-22/h1-8,13H,9-12,15H2,(H,28,31). The van der Waals surface area contributed by atoms with E-state index in [0.717, 1.165) is 20.7 Å². The maximum Gasteiger partial charge on any atom is 0.239 e. The van der Waals surface area contributed by atoms with Crippen molar-refractivity contribution >= 4 is 49.8 Å². The fraction of sp³-hybridized carbons (Fsp3) is 0.208. The zero-order chi connectivity index (χ0) is 22.8. The van der Waals surface area contributed by atoms with Crippen molar-refractivity contribution in [2.45, 2.75) is 0 Å². The van der Waals surface area contributed by atoms with Crippen LogP contribution in [0.5, 0.6) is 0 Å². The third-order valence-corrected chi connectivity index (χ3v) is 6.80. The molecule has 7 nitrogen and oxygen atoms in total. The van der Waals surface area contributed by atoms with Crippen molar-refractivity contribution in [1.29, 1.82) is 5.26 Å². The number of nitrogens with zero attached hydrogens (tertiary/aromatic N) is 4. The molecule has 166 valence electrons. The summed E-state index contributed by atoms with van der Waals surface area (Å²) >= 11 is 7.53. The van der Waals surface area contributed by atoms with Gasteiger partial charge in [0.1, 0.15) is 6.07 Å². The Bertz CT molecular complexity index is 1300. The summed E-state index contributed by atoms with van der Waals surface area (Å²) in [6, 6.07) is 19.3. The number of anilines is 2. The maximum absolute atomic E-state index is 12.6. The summed E-state index contributed by atoms with van der Waals surface area (Å²) < 4.78 is 7.10. The predicted octanol–water partition coefficient (Wildman–Crippen LogP) is 4.84. The molecule has 4 aromatic rings. The van der Waals surface area contributed by atoms with Crippen LogP contribution >= 0.6 is 22.9 Å². The highest BCUT2D eigenvalue weighted by atomic mass is 35.5. The highest BCUT2D eigenvalue weighted by Crippen LogP contribution is 2.30. The first-order valence-corrected chi connectivity index (χ1v) is 11.7. The topological polar surface area (TPSA) is 85.4 Å². The van der Waals surface area contributed by atoms with Gasteiger partial charge in [0, 0.05) is 41.5 Å². The first-order chi connectivity index (χ1) is 16.1. The zero-order valence-electron chi connectivity index (χ0n) is 17.6. The molecule has 1 saturated heterocycles. The number of halogens is 1. The minimum absolute atomic E-state index is 0.0302. The van der Waals surface area contributed by atoms with Crippen molar-refractivity contribution in [2.75, 3.05) is 42.9 Å². The molecule has 1 amide bonds. The Morgan fingerprint density at radius 3 is 2.64 bits per heavy atom. The van der Waals surface area contributed by atoms with Crippen LogP contribution in [0.1, 0.15) is 5.69 Å². The molecule has 2 aromatic heterocycles. The molecule has 0 aliphatic carbocycles. The second-order valence-corrected chi connectivity index (χ2v) is 9.27. The van der Waals surface area contributed by atoms with Gasteiger partial charge >= 0.3 is 0 Å². The van der Waals surface area contributed by atoms with Crippen LogP contribution in [0.2, 0.25) is 5.02 Å². The first kappa shape index (κ1) is 21.5. The number of carbonyl (C=O) groups is 1. The van der Waals surface area contributed by atoms with E-state index in [1.807, 2.05) is 47.4 Å². The minimum Gasteiger partial charge on any atom is -0.419 e. The van der Waals surface area contributed by atoms with Crippen LogP contribution in [0.4, 0.5) is 10.9 Å². The van der Waals surface area contributed by atoms with Gasteiger partial charge in [0.05, 0.1) is 11.5 Å². The molecule has 5 rings (SSSR count). The van der Waals surface area contributed by atoms with Crippen molar-refractivity contribution in [2.24, 2.45) is 0 Å². The summed E-state index contributed by atoms with van der Waals surface area (Å²) in [6.07, 6.45) is 0. The molecule has 1 aliphatic heterocycles. The van der Waals surface area contributed by atoms with Crippen LogP contribution < -0.4 is 10.2 Å². The van der Waals surface area contributed by atoms with Crippen molar-refractivity contribution in [3.05, 3.63) is 65.3 Å². The Labute approximate surface area is 199 Å². The first-order valence-electron chi connectivity index (χ1n) is 10.5. The van der Waals surface area contributed by atoms with Gasteiger partial charge < -0.3 is 14.6 Å². The monoisotopic (exact) mass is 477 g/mol. The number of carbonyl (C=O) groups excluding carboxylic acids is 1. The van der Waals surface area contributed by atoms with E-state index in [-0.39, 0.29) is 11.6 Å². The van der Waals surface area contributed by atoms with Gasteiger partial charge in [-0.1, -0.05) is 29.8 Å². The van der Waals surface area contributed by atoms with Crippen LogP contribution in [-0.2, 0) is 4.79 Å². The van der Waals surface area contributed by atoms with Crippen LogP contribution in [-0.4, -0.2) is 48.5 Å². The third-order valence-electron chi connectivity index (χ3n) is 5.52. The molecule has 0 unspecified atom stereocenters. The van der Waals surface area contributed by atoms with E-state index < -0.39 is 0 Å². The number of thiophene rings is 1. The van der Waals surface area contributed by atoms with E-state index in [1.54, 1.807) is 23.5 Å². The van der Waals surface area contributed by atoms with E-state index in [2.05, 4.69) is 21.3 Å². The molecule has 1 fully saturated rings. The Kier molecular flexibility index (Phi) is 6.01. The Balaban J connectivity index is 1.20. The quantitative estimate of drug-likeness (QED) is 0.442. The Morgan fingerprint density at radius 2 is 1.91 bits per heavy atom. The van der Waals surface area contributed by atoms with Gasteiger partial charge in [-0.15, -0.1) is 11.3 Å².